The molecule has 0 N–H and O–H groups in total. The monoisotopic (exact) mass is 443 g/mol. The highest BCUT2D eigenvalue weighted by Crippen LogP contribution is 2.34. The van der Waals surface area contributed by atoms with Crippen molar-refractivity contribution in [3.05, 3.63) is 23.2 Å². The van der Waals surface area contributed by atoms with Crippen molar-refractivity contribution in [2.45, 2.75) is 43.5 Å². The largest absolute Gasteiger partial charge is 0.495 e. The zero-order chi connectivity index (χ0) is 21.2. The molecule has 0 aliphatic carbocycles. The maximum atomic E-state index is 13.2. The third-order valence-corrected chi connectivity index (χ3v) is 8.45. The van der Waals surface area contributed by atoms with Gasteiger partial charge in [-0.25, -0.2) is 8.42 Å². The molecular weight excluding hydrogens is 414 g/mol. The van der Waals surface area contributed by atoms with Gasteiger partial charge in [-0.3, -0.25) is 9.69 Å². The number of likely N-dealkylation sites (tertiary alicyclic amines) is 1. The van der Waals surface area contributed by atoms with Gasteiger partial charge in [-0.05, 0) is 31.0 Å². The summed E-state index contributed by atoms with van der Waals surface area (Å²) in [6.07, 6.45) is 2.40. The molecule has 0 spiro atoms. The fraction of sp³-hybridized carbons (Fsp3) is 0.650. The van der Waals surface area contributed by atoms with Crippen molar-refractivity contribution in [3.63, 3.8) is 0 Å². The lowest BCUT2D eigenvalue weighted by molar-refractivity contribution is -0.130. The number of ether oxygens (including phenoxy) is 1. The van der Waals surface area contributed by atoms with E-state index in [0.717, 1.165) is 25.9 Å². The summed E-state index contributed by atoms with van der Waals surface area (Å²) < 4.78 is 33.1. The van der Waals surface area contributed by atoms with Crippen LogP contribution in [0.1, 0.15) is 33.1 Å². The van der Waals surface area contributed by atoms with Gasteiger partial charge in [0.05, 0.1) is 7.11 Å². The number of piperazine rings is 1. The van der Waals surface area contributed by atoms with Crippen LogP contribution in [0.2, 0.25) is 5.02 Å². The number of hydrogen-bond acceptors (Lipinski definition) is 5. The molecule has 2 heterocycles. The first-order valence-electron chi connectivity index (χ1n) is 10.1. The van der Waals surface area contributed by atoms with Crippen LogP contribution >= 0.6 is 11.6 Å². The van der Waals surface area contributed by atoms with Gasteiger partial charge in [0.15, 0.2) is 0 Å². The van der Waals surface area contributed by atoms with E-state index in [4.69, 9.17) is 16.3 Å². The van der Waals surface area contributed by atoms with Crippen molar-refractivity contribution >= 4 is 27.5 Å². The summed E-state index contributed by atoms with van der Waals surface area (Å²) in [5, 5.41) is 0.361. The lowest BCUT2D eigenvalue weighted by atomic mass is 9.92. The van der Waals surface area contributed by atoms with Crippen molar-refractivity contribution < 1.29 is 17.9 Å². The normalized spacial score (nSPS) is 24.1. The molecule has 0 radical (unpaired) electrons. The van der Waals surface area contributed by atoms with E-state index < -0.39 is 10.0 Å². The number of halogens is 1. The Balaban J connectivity index is 1.73. The van der Waals surface area contributed by atoms with E-state index in [9.17, 15) is 13.2 Å². The van der Waals surface area contributed by atoms with E-state index in [-0.39, 0.29) is 16.3 Å². The van der Waals surface area contributed by atoms with E-state index in [2.05, 4.69) is 11.8 Å². The quantitative estimate of drug-likeness (QED) is 0.675. The fourth-order valence-electron chi connectivity index (χ4n) is 4.46. The van der Waals surface area contributed by atoms with E-state index in [1.165, 1.54) is 17.5 Å². The molecule has 2 aliphatic rings. The number of rotatable bonds is 6. The first kappa shape index (κ1) is 22.3. The highest BCUT2D eigenvalue weighted by atomic mass is 35.5. The van der Waals surface area contributed by atoms with Gasteiger partial charge >= 0.3 is 0 Å². The second-order valence-electron chi connectivity index (χ2n) is 7.68. The number of sulfonamides is 1. The number of amides is 1. The third kappa shape index (κ3) is 4.26. The van der Waals surface area contributed by atoms with Gasteiger partial charge < -0.3 is 9.64 Å². The Morgan fingerprint density at radius 1 is 1.17 bits per heavy atom. The molecule has 2 fully saturated rings. The van der Waals surface area contributed by atoms with Crippen molar-refractivity contribution in [1.82, 2.24) is 14.1 Å². The highest BCUT2D eigenvalue weighted by Gasteiger charge is 2.44. The second kappa shape index (κ2) is 8.79. The fourth-order valence-corrected chi connectivity index (χ4v) is 6.30. The first-order chi connectivity index (χ1) is 13.8. The number of hydrogen-bond donors (Lipinski definition) is 0. The summed E-state index contributed by atoms with van der Waals surface area (Å²) in [5.74, 6) is 0.487. The predicted octanol–water partition coefficient (Wildman–Crippen LogP) is 2.45. The zero-order valence-corrected chi connectivity index (χ0v) is 18.9. The van der Waals surface area contributed by atoms with E-state index in [1.807, 2.05) is 11.8 Å². The van der Waals surface area contributed by atoms with E-state index in [0.29, 0.717) is 43.4 Å². The zero-order valence-electron chi connectivity index (χ0n) is 17.4. The number of carbonyl (C=O) groups excluding carboxylic acids is 1. The summed E-state index contributed by atoms with van der Waals surface area (Å²) in [7, 11) is -2.24. The lowest BCUT2D eigenvalue weighted by Gasteiger charge is -2.45. The molecule has 2 aliphatic heterocycles. The van der Waals surface area contributed by atoms with Gasteiger partial charge in [-0.2, -0.15) is 4.31 Å². The minimum absolute atomic E-state index is 0.0611. The van der Waals surface area contributed by atoms with Gasteiger partial charge in [-0.1, -0.05) is 25.4 Å². The van der Waals surface area contributed by atoms with Crippen LogP contribution in [0, 0.1) is 0 Å². The summed E-state index contributed by atoms with van der Waals surface area (Å²) in [4.78, 5) is 16.5. The molecule has 162 valence electrons. The molecule has 3 rings (SSSR count). The van der Waals surface area contributed by atoms with Gasteiger partial charge in [0.25, 0.3) is 0 Å². The number of methoxy groups -OCH3 is 1. The average molecular weight is 444 g/mol. The molecule has 0 saturated carbocycles. The van der Waals surface area contributed by atoms with Crippen LogP contribution in [-0.4, -0.2) is 80.3 Å². The Kier molecular flexibility index (Phi) is 6.77. The Hall–Kier alpha value is -1.35. The van der Waals surface area contributed by atoms with Crippen LogP contribution in [0.3, 0.4) is 0 Å². The van der Waals surface area contributed by atoms with E-state index >= 15 is 0 Å². The average Bonchev–Trinajstić information content (AvgIpc) is 3.19. The van der Waals surface area contributed by atoms with Gasteiger partial charge in [0.1, 0.15) is 10.6 Å². The minimum atomic E-state index is -3.70. The van der Waals surface area contributed by atoms with Gasteiger partial charge in [-0.15, -0.1) is 0 Å². The van der Waals surface area contributed by atoms with Gasteiger partial charge in [0.2, 0.25) is 15.9 Å². The summed E-state index contributed by atoms with van der Waals surface area (Å²) in [6.45, 7) is 7.64. The van der Waals surface area contributed by atoms with Crippen molar-refractivity contribution in [2.75, 3.05) is 46.4 Å². The number of nitrogens with zero attached hydrogens (tertiary/aromatic N) is 3. The van der Waals surface area contributed by atoms with Crippen molar-refractivity contribution in [3.8, 4) is 5.75 Å². The molecule has 29 heavy (non-hydrogen) atoms. The molecule has 7 nitrogen and oxygen atoms in total. The van der Waals surface area contributed by atoms with Crippen LogP contribution in [0.4, 0.5) is 0 Å². The minimum Gasteiger partial charge on any atom is -0.495 e. The van der Waals surface area contributed by atoms with Crippen LogP contribution in [0.25, 0.3) is 0 Å². The Morgan fingerprint density at radius 2 is 1.86 bits per heavy atom. The SMILES string of the molecule is CCC(=O)N1CCC(CC)(N2CCN(S(=O)(=O)c3cc(Cl)ccc3OC)CC2)C1. The van der Waals surface area contributed by atoms with Crippen LogP contribution in [-0.2, 0) is 14.8 Å². The molecule has 9 heteroatoms. The lowest BCUT2D eigenvalue weighted by Crippen LogP contribution is -2.58. The highest BCUT2D eigenvalue weighted by molar-refractivity contribution is 7.89. The van der Waals surface area contributed by atoms with Crippen LogP contribution in [0.15, 0.2) is 23.1 Å². The number of carbonyl (C=O) groups is 1. The van der Waals surface area contributed by atoms with Crippen molar-refractivity contribution in [1.29, 1.82) is 0 Å². The maximum absolute atomic E-state index is 13.2. The van der Waals surface area contributed by atoms with Crippen molar-refractivity contribution in [2.24, 2.45) is 0 Å². The van der Waals surface area contributed by atoms with Gasteiger partial charge in [0, 0.05) is 56.3 Å². The molecule has 0 aromatic heterocycles. The molecule has 1 aromatic carbocycles. The summed E-state index contributed by atoms with van der Waals surface area (Å²) >= 11 is 6.04. The third-order valence-electron chi connectivity index (χ3n) is 6.30. The first-order valence-corrected chi connectivity index (χ1v) is 12.0. The smallest absolute Gasteiger partial charge is 0.246 e. The second-order valence-corrected chi connectivity index (χ2v) is 10.0. The molecule has 1 unspecified atom stereocenters. The Bertz CT molecular complexity index is 855. The number of benzene rings is 1. The Labute approximate surface area is 178 Å². The summed E-state index contributed by atoms with van der Waals surface area (Å²) in [6, 6.07) is 4.64. The molecule has 1 aromatic rings. The van der Waals surface area contributed by atoms with Crippen LogP contribution in [0.5, 0.6) is 5.75 Å². The molecule has 2 saturated heterocycles. The standard InChI is InChI=1S/C20H30ClN3O4S/c1-4-19(25)22-9-8-20(5-2,15-22)23-10-12-24(13-11-23)29(26,27)18-14-16(21)6-7-17(18)28-3/h6-7,14H,4-5,8-13,15H2,1-3H3. The predicted molar refractivity (Wildman–Crippen MR) is 113 cm³/mol. The summed E-state index contributed by atoms with van der Waals surface area (Å²) in [5.41, 5.74) is -0.0611. The topological polar surface area (TPSA) is 70.2 Å². The molecule has 1 amide bonds. The van der Waals surface area contributed by atoms with E-state index in [1.54, 1.807) is 12.1 Å². The molecular formula is C20H30ClN3O4S. The Morgan fingerprint density at radius 3 is 2.45 bits per heavy atom. The molecule has 1 atom stereocenters. The van der Waals surface area contributed by atoms with Crippen LogP contribution < -0.4 is 4.74 Å². The molecule has 0 bridgehead atoms. The maximum Gasteiger partial charge on any atom is 0.246 e.